The molecule has 19 heavy (non-hydrogen) atoms. The number of aromatic nitrogens is 3. The minimum absolute atomic E-state index is 0.103. The van der Waals surface area contributed by atoms with Crippen LogP contribution in [0.5, 0.6) is 0 Å². The first kappa shape index (κ1) is 13.7. The van der Waals surface area contributed by atoms with Gasteiger partial charge in [-0.1, -0.05) is 23.7 Å². The molecule has 0 fully saturated rings. The first-order valence-electron chi connectivity index (χ1n) is 6.06. The summed E-state index contributed by atoms with van der Waals surface area (Å²) in [7, 11) is 0. The van der Waals surface area contributed by atoms with E-state index in [0.29, 0.717) is 23.5 Å². The molecular formula is C13H18ClN5. The van der Waals surface area contributed by atoms with Crippen molar-refractivity contribution >= 4 is 23.5 Å². The van der Waals surface area contributed by atoms with Crippen LogP contribution in [0.25, 0.3) is 0 Å². The molecule has 0 bridgehead atoms. The fourth-order valence-electron chi connectivity index (χ4n) is 1.67. The molecule has 0 radical (unpaired) electrons. The first-order valence-corrected chi connectivity index (χ1v) is 6.44. The molecule has 0 aliphatic rings. The largest absolute Gasteiger partial charge is 0.368 e. The summed E-state index contributed by atoms with van der Waals surface area (Å²) in [5.41, 5.74) is 6.79. The fraction of sp³-hybridized carbons (Fsp3) is 0.385. The number of benzene rings is 1. The van der Waals surface area contributed by atoms with Crippen molar-refractivity contribution in [3.05, 3.63) is 34.9 Å². The van der Waals surface area contributed by atoms with Crippen molar-refractivity contribution in [3.63, 3.8) is 0 Å². The number of hydrogen-bond donors (Lipinski definition) is 2. The molecule has 5 nitrogen and oxygen atoms in total. The number of hydrogen-bond acceptors (Lipinski definition) is 4. The van der Waals surface area contributed by atoms with Crippen LogP contribution in [0.4, 0.5) is 11.9 Å². The quantitative estimate of drug-likeness (QED) is 0.906. The third kappa shape index (κ3) is 3.86. The Balaban J connectivity index is 2.17. The van der Waals surface area contributed by atoms with Gasteiger partial charge < -0.3 is 11.1 Å². The van der Waals surface area contributed by atoms with Crippen molar-refractivity contribution in [2.75, 3.05) is 11.1 Å². The number of nitrogen functional groups attached to an aromatic ring is 1. The number of halogens is 1. The maximum atomic E-state index is 5.95. The van der Waals surface area contributed by atoms with Gasteiger partial charge in [0, 0.05) is 10.6 Å². The molecule has 2 aromatic rings. The van der Waals surface area contributed by atoms with E-state index in [1.165, 1.54) is 0 Å². The zero-order chi connectivity index (χ0) is 14.0. The highest BCUT2D eigenvalue weighted by atomic mass is 35.5. The van der Waals surface area contributed by atoms with E-state index in [0.717, 1.165) is 5.56 Å². The van der Waals surface area contributed by atoms with Gasteiger partial charge in [-0.25, -0.2) is 4.68 Å². The average Bonchev–Trinajstić information content (AvgIpc) is 2.56. The van der Waals surface area contributed by atoms with E-state index in [-0.39, 0.29) is 5.54 Å². The predicted molar refractivity (Wildman–Crippen MR) is 78.4 cm³/mol. The maximum absolute atomic E-state index is 5.95. The summed E-state index contributed by atoms with van der Waals surface area (Å²) in [6.45, 7) is 6.67. The van der Waals surface area contributed by atoms with Gasteiger partial charge in [0.15, 0.2) is 0 Å². The van der Waals surface area contributed by atoms with E-state index in [2.05, 4.69) is 15.4 Å². The van der Waals surface area contributed by atoms with Gasteiger partial charge in [0.25, 0.3) is 0 Å². The van der Waals surface area contributed by atoms with Crippen LogP contribution in [-0.2, 0) is 6.54 Å². The van der Waals surface area contributed by atoms with Gasteiger partial charge in [0.2, 0.25) is 11.9 Å². The van der Waals surface area contributed by atoms with Gasteiger partial charge in [0.05, 0.1) is 6.54 Å². The lowest BCUT2D eigenvalue weighted by molar-refractivity contribution is 0.619. The highest BCUT2D eigenvalue weighted by molar-refractivity contribution is 6.30. The molecule has 2 rings (SSSR count). The van der Waals surface area contributed by atoms with Crippen LogP contribution in [0.1, 0.15) is 26.3 Å². The van der Waals surface area contributed by atoms with Crippen LogP contribution in [0, 0.1) is 0 Å². The lowest BCUT2D eigenvalue weighted by atomic mass is 10.1. The van der Waals surface area contributed by atoms with E-state index in [1.807, 2.05) is 45.0 Å². The minimum Gasteiger partial charge on any atom is -0.368 e. The van der Waals surface area contributed by atoms with Crippen molar-refractivity contribution in [1.82, 2.24) is 14.8 Å². The summed E-state index contributed by atoms with van der Waals surface area (Å²) in [6, 6.07) is 7.60. The van der Waals surface area contributed by atoms with Crippen LogP contribution >= 0.6 is 11.6 Å². The molecule has 102 valence electrons. The molecule has 0 amide bonds. The van der Waals surface area contributed by atoms with Crippen molar-refractivity contribution in [3.8, 4) is 0 Å². The average molecular weight is 280 g/mol. The fourth-order valence-corrected chi connectivity index (χ4v) is 1.88. The smallest absolute Gasteiger partial charge is 0.244 e. The Kier molecular flexibility index (Phi) is 3.66. The predicted octanol–water partition coefficient (Wildman–Crippen LogP) is 2.77. The molecule has 0 unspecified atom stereocenters. The third-order valence-electron chi connectivity index (χ3n) is 2.41. The molecule has 0 aliphatic heterocycles. The van der Waals surface area contributed by atoms with E-state index < -0.39 is 0 Å². The number of nitrogens with one attached hydrogen (secondary N) is 1. The summed E-state index contributed by atoms with van der Waals surface area (Å²) < 4.78 is 1.65. The summed E-state index contributed by atoms with van der Waals surface area (Å²) in [5, 5.41) is 8.24. The summed E-state index contributed by atoms with van der Waals surface area (Å²) in [5.74, 6) is 0.916. The second-order valence-electron chi connectivity index (χ2n) is 5.46. The van der Waals surface area contributed by atoms with E-state index >= 15 is 0 Å². The lowest BCUT2D eigenvalue weighted by Gasteiger charge is -2.18. The maximum Gasteiger partial charge on any atom is 0.244 e. The Morgan fingerprint density at radius 2 is 2.11 bits per heavy atom. The zero-order valence-corrected chi connectivity index (χ0v) is 12.1. The van der Waals surface area contributed by atoms with Crippen molar-refractivity contribution in [2.24, 2.45) is 0 Å². The van der Waals surface area contributed by atoms with Crippen molar-refractivity contribution < 1.29 is 0 Å². The van der Waals surface area contributed by atoms with Crippen LogP contribution in [-0.4, -0.2) is 20.3 Å². The molecule has 0 spiro atoms. The first-order chi connectivity index (χ1) is 8.83. The normalized spacial score (nSPS) is 11.6. The summed E-state index contributed by atoms with van der Waals surface area (Å²) in [6.07, 6.45) is 0. The monoisotopic (exact) mass is 279 g/mol. The Hall–Kier alpha value is -1.75. The van der Waals surface area contributed by atoms with Crippen LogP contribution in [0.15, 0.2) is 24.3 Å². The lowest BCUT2D eigenvalue weighted by Crippen LogP contribution is -2.26. The van der Waals surface area contributed by atoms with Gasteiger partial charge in [-0.15, -0.1) is 5.10 Å². The molecule has 6 heteroatoms. The standard InChI is InChI=1S/C13H18ClN5/c1-13(2,3)17-12-16-11(15)19(18-12)8-9-5-4-6-10(14)7-9/h4-7H,8H2,1-3H3,(H3,15,16,17,18). The zero-order valence-electron chi connectivity index (χ0n) is 11.3. The van der Waals surface area contributed by atoms with E-state index in [4.69, 9.17) is 17.3 Å². The van der Waals surface area contributed by atoms with Gasteiger partial charge in [-0.2, -0.15) is 4.98 Å². The van der Waals surface area contributed by atoms with E-state index in [1.54, 1.807) is 4.68 Å². The summed E-state index contributed by atoms with van der Waals surface area (Å²) in [4.78, 5) is 4.20. The molecule has 0 aliphatic carbocycles. The topological polar surface area (TPSA) is 68.8 Å². The number of nitrogens with two attached hydrogens (primary N) is 1. The Bertz CT molecular complexity index is 571. The molecule has 1 heterocycles. The second-order valence-corrected chi connectivity index (χ2v) is 5.89. The molecule has 0 atom stereocenters. The van der Waals surface area contributed by atoms with Crippen molar-refractivity contribution in [2.45, 2.75) is 32.9 Å². The minimum atomic E-state index is -0.103. The van der Waals surface area contributed by atoms with Gasteiger partial charge in [0.1, 0.15) is 0 Å². The molecule has 0 saturated carbocycles. The van der Waals surface area contributed by atoms with Crippen LogP contribution in [0.3, 0.4) is 0 Å². The number of anilines is 2. The van der Waals surface area contributed by atoms with Gasteiger partial charge in [-0.3, -0.25) is 0 Å². The Morgan fingerprint density at radius 1 is 1.37 bits per heavy atom. The van der Waals surface area contributed by atoms with Crippen LogP contribution < -0.4 is 11.1 Å². The van der Waals surface area contributed by atoms with Crippen molar-refractivity contribution in [1.29, 1.82) is 0 Å². The SMILES string of the molecule is CC(C)(C)Nc1nc(N)n(Cc2cccc(Cl)c2)n1. The summed E-state index contributed by atoms with van der Waals surface area (Å²) >= 11 is 5.95. The van der Waals surface area contributed by atoms with E-state index in [9.17, 15) is 0 Å². The number of nitrogens with zero attached hydrogens (tertiary/aromatic N) is 3. The highest BCUT2D eigenvalue weighted by Gasteiger charge is 2.14. The molecular weight excluding hydrogens is 262 g/mol. The molecule has 3 N–H and O–H groups in total. The Labute approximate surface area is 117 Å². The molecule has 1 aromatic carbocycles. The Morgan fingerprint density at radius 3 is 2.74 bits per heavy atom. The van der Waals surface area contributed by atoms with Crippen LogP contribution in [0.2, 0.25) is 5.02 Å². The highest BCUT2D eigenvalue weighted by Crippen LogP contribution is 2.15. The van der Waals surface area contributed by atoms with Gasteiger partial charge in [-0.05, 0) is 38.5 Å². The third-order valence-corrected chi connectivity index (χ3v) is 2.64. The molecule has 0 saturated heterocycles. The van der Waals surface area contributed by atoms with Gasteiger partial charge >= 0.3 is 0 Å². The molecule has 1 aromatic heterocycles. The number of rotatable bonds is 3. The second kappa shape index (κ2) is 5.09.